The first kappa shape index (κ1) is 20.9. The highest BCUT2D eigenvalue weighted by molar-refractivity contribution is 7.81. The molecule has 0 saturated carbocycles. The van der Waals surface area contributed by atoms with E-state index in [-0.39, 0.29) is 0 Å². The number of nitrogens with two attached hydrogens (primary N) is 4. The van der Waals surface area contributed by atoms with E-state index in [1.807, 2.05) is 0 Å². The van der Waals surface area contributed by atoms with Crippen molar-refractivity contribution in [2.75, 3.05) is 14.2 Å². The second-order valence-electron chi connectivity index (χ2n) is 5.69. The summed E-state index contributed by atoms with van der Waals surface area (Å²) in [6.07, 6.45) is 0. The third-order valence-corrected chi connectivity index (χ3v) is 10.7. The van der Waals surface area contributed by atoms with Crippen molar-refractivity contribution in [1.29, 1.82) is 0 Å². The van der Waals surface area contributed by atoms with E-state index in [0.717, 1.165) is 0 Å². The predicted octanol–water partition coefficient (Wildman–Crippen LogP) is 3.85. The third-order valence-electron chi connectivity index (χ3n) is 3.37. The Labute approximate surface area is 163 Å². The molecule has 0 aromatic heterocycles. The Hall–Kier alpha value is -1.83. The lowest BCUT2D eigenvalue weighted by molar-refractivity contribution is 0.412. The summed E-state index contributed by atoms with van der Waals surface area (Å²) in [5.74, 6) is 2.14. The monoisotopic (exact) mass is 445 g/mol. The SMILES string of the molecule is COc1ccc(OP2(Oc3ccc(OC)cc3)=NP(N)(N)=NP(N)(N)=N2)cc1. The number of ether oxygens (including phenoxy) is 2. The highest BCUT2D eigenvalue weighted by Gasteiger charge is 2.35. The first-order chi connectivity index (χ1) is 13.1. The standard InChI is InChI=1S/C14H22N7O4P3/c1-22-11-3-7-13(8-4-11)24-28(20-26(15,16)19-27(17,18)21-28)25-14-9-5-12(23-2)6-10-14/h3-10H,15-18H2,1-2H3. The van der Waals surface area contributed by atoms with E-state index in [1.165, 1.54) is 0 Å². The summed E-state index contributed by atoms with van der Waals surface area (Å²) in [6.45, 7) is 0. The maximum absolute atomic E-state index is 6.02. The molecular weight excluding hydrogens is 423 g/mol. The molecule has 0 bridgehead atoms. The molecule has 0 radical (unpaired) electrons. The normalized spacial score (nSPS) is 18.6. The molecule has 8 N–H and O–H groups in total. The van der Waals surface area contributed by atoms with E-state index in [2.05, 4.69) is 13.5 Å². The van der Waals surface area contributed by atoms with Crippen LogP contribution in [0.2, 0.25) is 0 Å². The van der Waals surface area contributed by atoms with Crippen molar-refractivity contribution in [1.82, 2.24) is 0 Å². The molecule has 0 atom stereocenters. The lowest BCUT2D eigenvalue weighted by atomic mass is 10.3. The average Bonchev–Trinajstić information content (AvgIpc) is 2.60. The van der Waals surface area contributed by atoms with Gasteiger partial charge in [0.2, 0.25) is 15.0 Å². The quantitative estimate of drug-likeness (QED) is 0.484. The van der Waals surface area contributed by atoms with Crippen LogP contribution in [0.5, 0.6) is 23.0 Å². The number of hydrogen-bond acceptors (Lipinski definition) is 11. The van der Waals surface area contributed by atoms with E-state index in [9.17, 15) is 0 Å². The minimum absolute atomic E-state index is 0.414. The molecule has 3 rings (SSSR count). The number of hydrogen-bond donors (Lipinski definition) is 4. The second-order valence-corrected chi connectivity index (χ2v) is 12.0. The van der Waals surface area contributed by atoms with Crippen molar-refractivity contribution < 1.29 is 18.5 Å². The van der Waals surface area contributed by atoms with Crippen LogP contribution in [0.15, 0.2) is 62.1 Å². The van der Waals surface area contributed by atoms with Gasteiger partial charge in [-0.3, -0.25) is 22.0 Å². The topological polar surface area (TPSA) is 178 Å². The van der Waals surface area contributed by atoms with Crippen molar-refractivity contribution in [2.24, 2.45) is 35.6 Å². The second kappa shape index (κ2) is 7.89. The van der Waals surface area contributed by atoms with Gasteiger partial charge in [-0.1, -0.05) is 0 Å². The summed E-state index contributed by atoms with van der Waals surface area (Å²) in [4.78, 5) is 0. The summed E-state index contributed by atoms with van der Waals surface area (Å²) in [7, 11) is -6.68. The van der Waals surface area contributed by atoms with Crippen LogP contribution in [0.3, 0.4) is 0 Å². The Bertz CT molecular complexity index is 951. The van der Waals surface area contributed by atoms with Crippen LogP contribution in [0.25, 0.3) is 0 Å². The molecule has 0 unspecified atom stereocenters. The van der Waals surface area contributed by atoms with E-state index in [4.69, 9.17) is 40.5 Å². The molecular formula is C14H22N7O4P3. The highest BCUT2D eigenvalue weighted by atomic mass is 31.3. The Morgan fingerprint density at radius 3 is 1.29 bits per heavy atom. The third kappa shape index (κ3) is 5.16. The fourth-order valence-corrected chi connectivity index (χ4v) is 9.83. The van der Waals surface area contributed by atoms with Crippen molar-refractivity contribution in [3.05, 3.63) is 48.5 Å². The molecule has 11 nitrogen and oxygen atoms in total. The largest absolute Gasteiger partial charge is 0.497 e. The molecule has 0 saturated heterocycles. The first-order valence-electron chi connectivity index (χ1n) is 7.87. The van der Waals surface area contributed by atoms with Crippen molar-refractivity contribution >= 4 is 22.7 Å². The summed E-state index contributed by atoms with van der Waals surface area (Å²) >= 11 is 0. The van der Waals surface area contributed by atoms with Crippen molar-refractivity contribution in [3.8, 4) is 23.0 Å². The molecule has 0 spiro atoms. The van der Waals surface area contributed by atoms with Gasteiger partial charge in [0.1, 0.15) is 23.0 Å². The number of rotatable bonds is 6. The van der Waals surface area contributed by atoms with Gasteiger partial charge >= 0.3 is 7.66 Å². The van der Waals surface area contributed by atoms with Crippen LogP contribution < -0.4 is 40.5 Å². The molecule has 2 aromatic rings. The summed E-state index contributed by atoms with van der Waals surface area (Å²) < 4.78 is 35.0. The van der Waals surface area contributed by atoms with Crippen LogP contribution in [-0.4, -0.2) is 14.2 Å². The van der Waals surface area contributed by atoms with Crippen molar-refractivity contribution in [3.63, 3.8) is 0 Å². The molecule has 28 heavy (non-hydrogen) atoms. The fourth-order valence-electron chi connectivity index (χ4n) is 2.28. The maximum atomic E-state index is 6.02. The van der Waals surface area contributed by atoms with Gasteiger partial charge in [0.05, 0.1) is 14.2 Å². The average molecular weight is 445 g/mol. The van der Waals surface area contributed by atoms with E-state index < -0.39 is 22.7 Å². The Balaban J connectivity index is 2.07. The minimum atomic E-state index is -3.45. The van der Waals surface area contributed by atoms with Crippen LogP contribution in [0.1, 0.15) is 0 Å². The van der Waals surface area contributed by atoms with Gasteiger partial charge < -0.3 is 18.5 Å². The number of methoxy groups -OCH3 is 2. The lowest BCUT2D eigenvalue weighted by Gasteiger charge is -2.28. The zero-order valence-electron chi connectivity index (χ0n) is 15.2. The molecule has 0 amide bonds. The van der Waals surface area contributed by atoms with Gasteiger partial charge in [-0.2, -0.15) is 4.52 Å². The van der Waals surface area contributed by atoms with Gasteiger partial charge in [-0.05, 0) is 48.5 Å². The van der Waals surface area contributed by atoms with Gasteiger partial charge in [-0.15, -0.1) is 9.03 Å². The fraction of sp³-hybridized carbons (Fsp3) is 0.143. The van der Waals surface area contributed by atoms with E-state index in [1.54, 1.807) is 62.8 Å². The van der Waals surface area contributed by atoms with Crippen LogP contribution in [0, 0.1) is 0 Å². The summed E-state index contributed by atoms with van der Waals surface area (Å²) in [5, 5.41) is 0. The Kier molecular flexibility index (Phi) is 5.89. The molecule has 1 heterocycles. The highest BCUT2D eigenvalue weighted by Crippen LogP contribution is 2.69. The predicted molar refractivity (Wildman–Crippen MR) is 112 cm³/mol. The zero-order valence-corrected chi connectivity index (χ0v) is 17.9. The van der Waals surface area contributed by atoms with E-state index >= 15 is 0 Å². The molecule has 0 aliphatic carbocycles. The number of nitrogens with zero attached hydrogens (tertiary/aromatic N) is 3. The van der Waals surface area contributed by atoms with Crippen molar-refractivity contribution in [2.45, 2.75) is 0 Å². The Morgan fingerprint density at radius 2 is 0.929 bits per heavy atom. The summed E-state index contributed by atoms with van der Waals surface area (Å²) in [6, 6.07) is 13.6. The molecule has 0 fully saturated rings. The van der Waals surface area contributed by atoms with Crippen LogP contribution in [-0.2, 0) is 0 Å². The van der Waals surface area contributed by atoms with Gasteiger partial charge in [0, 0.05) is 0 Å². The molecule has 1 aliphatic heterocycles. The Morgan fingerprint density at radius 1 is 0.571 bits per heavy atom. The minimum Gasteiger partial charge on any atom is -0.497 e. The van der Waals surface area contributed by atoms with Gasteiger partial charge in [-0.25, -0.2) is 0 Å². The van der Waals surface area contributed by atoms with Gasteiger partial charge in [0.25, 0.3) is 0 Å². The smallest absolute Gasteiger partial charge is 0.454 e. The molecule has 14 heteroatoms. The number of benzene rings is 2. The zero-order chi connectivity index (χ0) is 20.4. The first-order valence-corrected chi connectivity index (χ1v) is 13.1. The summed E-state index contributed by atoms with van der Waals surface area (Å²) in [5.41, 5.74) is 24.1. The lowest BCUT2D eigenvalue weighted by Crippen LogP contribution is -2.14. The van der Waals surface area contributed by atoms with Crippen LogP contribution in [0.4, 0.5) is 0 Å². The van der Waals surface area contributed by atoms with Crippen LogP contribution >= 0.6 is 22.7 Å². The van der Waals surface area contributed by atoms with E-state index in [0.29, 0.717) is 23.0 Å². The molecule has 152 valence electrons. The molecule has 1 aliphatic rings. The maximum Gasteiger partial charge on any atom is 0.454 e. The van der Waals surface area contributed by atoms with Gasteiger partial charge in [0.15, 0.2) is 0 Å². The molecule has 2 aromatic carbocycles.